The minimum absolute atomic E-state index is 0.313. The van der Waals surface area contributed by atoms with Crippen molar-refractivity contribution < 1.29 is 9.15 Å². The van der Waals surface area contributed by atoms with Crippen molar-refractivity contribution in [2.24, 2.45) is 5.92 Å². The lowest BCUT2D eigenvalue weighted by molar-refractivity contribution is -0.0546. The molecule has 0 aromatic carbocycles. The molecule has 0 amide bonds. The highest BCUT2D eigenvalue weighted by atomic mass is 16.5. The second kappa shape index (κ2) is 7.25. The van der Waals surface area contributed by atoms with Crippen LogP contribution in [-0.4, -0.2) is 36.7 Å². The van der Waals surface area contributed by atoms with E-state index in [1.807, 2.05) is 0 Å². The molecule has 1 aliphatic heterocycles. The van der Waals surface area contributed by atoms with E-state index in [0.29, 0.717) is 18.1 Å². The van der Waals surface area contributed by atoms with Crippen LogP contribution in [0.15, 0.2) is 16.5 Å². The fourth-order valence-electron chi connectivity index (χ4n) is 2.48. The van der Waals surface area contributed by atoms with Crippen LogP contribution in [0.25, 0.3) is 0 Å². The molecular weight excluding hydrogens is 252 g/mol. The zero-order chi connectivity index (χ0) is 14.5. The van der Waals surface area contributed by atoms with Crippen LogP contribution in [0.1, 0.15) is 39.2 Å². The Balaban J connectivity index is 1.82. The monoisotopic (exact) mass is 280 g/mol. The first-order valence-corrected chi connectivity index (χ1v) is 7.68. The summed E-state index contributed by atoms with van der Waals surface area (Å²) in [5.74, 6) is 2.74. The number of nitrogens with zero attached hydrogens (tertiary/aromatic N) is 1. The predicted octanol–water partition coefficient (Wildman–Crippen LogP) is 2.63. The first-order chi connectivity index (χ1) is 9.54. The van der Waals surface area contributed by atoms with E-state index in [1.54, 1.807) is 0 Å². The van der Waals surface area contributed by atoms with E-state index in [0.717, 1.165) is 44.3 Å². The van der Waals surface area contributed by atoms with E-state index in [-0.39, 0.29) is 0 Å². The lowest BCUT2D eigenvalue weighted by Gasteiger charge is -2.36. The van der Waals surface area contributed by atoms with Crippen LogP contribution in [0.4, 0.5) is 0 Å². The van der Waals surface area contributed by atoms with Gasteiger partial charge < -0.3 is 14.5 Å². The number of furan rings is 1. The number of rotatable bonds is 6. The molecule has 1 N–H and O–H groups in total. The molecule has 1 aromatic rings. The van der Waals surface area contributed by atoms with E-state index < -0.39 is 0 Å². The van der Waals surface area contributed by atoms with Crippen molar-refractivity contribution in [2.75, 3.05) is 19.7 Å². The Labute approximate surface area is 122 Å². The van der Waals surface area contributed by atoms with Gasteiger partial charge in [0, 0.05) is 12.6 Å². The Morgan fingerprint density at radius 2 is 2.05 bits per heavy atom. The highest BCUT2D eigenvalue weighted by molar-refractivity contribution is 5.07. The van der Waals surface area contributed by atoms with Crippen LogP contribution < -0.4 is 5.32 Å². The summed E-state index contributed by atoms with van der Waals surface area (Å²) in [6, 6.07) is 4.63. The maximum atomic E-state index is 5.91. The molecule has 0 radical (unpaired) electrons. The molecule has 1 fully saturated rings. The maximum absolute atomic E-state index is 5.91. The lowest BCUT2D eigenvalue weighted by atomic mass is 10.2. The van der Waals surface area contributed by atoms with Gasteiger partial charge in [-0.05, 0) is 38.4 Å². The molecule has 0 spiro atoms. The van der Waals surface area contributed by atoms with Gasteiger partial charge in [-0.25, -0.2) is 0 Å². The molecule has 2 rings (SSSR count). The summed E-state index contributed by atoms with van der Waals surface area (Å²) in [6.07, 6.45) is 0.313. The molecule has 1 aromatic heterocycles. The second-order valence-electron chi connectivity index (χ2n) is 6.32. The Bertz CT molecular complexity index is 403. The molecule has 1 saturated heterocycles. The summed E-state index contributed by atoms with van der Waals surface area (Å²) < 4.78 is 11.6. The molecule has 20 heavy (non-hydrogen) atoms. The normalized spacial score (nSPS) is 24.4. The standard InChI is InChI=1S/C16H28N2O2/c1-12(2)7-17-8-15-5-6-16(20-15)10-18-9-14(4)19-11-13(18)3/h5-6,12-14,17H,7-11H2,1-4H3. The summed E-state index contributed by atoms with van der Waals surface area (Å²) in [7, 11) is 0. The average Bonchev–Trinajstić information content (AvgIpc) is 2.81. The van der Waals surface area contributed by atoms with Crippen molar-refractivity contribution in [3.63, 3.8) is 0 Å². The SMILES string of the molecule is CC(C)CNCc1ccc(CN2CC(C)OCC2C)o1. The number of hydrogen-bond donors (Lipinski definition) is 1. The third-order valence-electron chi connectivity index (χ3n) is 3.66. The molecule has 2 atom stereocenters. The Hall–Kier alpha value is -0.840. The summed E-state index contributed by atoms with van der Waals surface area (Å²) in [5, 5.41) is 3.41. The molecule has 0 saturated carbocycles. The quantitative estimate of drug-likeness (QED) is 0.869. The Morgan fingerprint density at radius 1 is 1.30 bits per heavy atom. The predicted molar refractivity (Wildman–Crippen MR) is 80.5 cm³/mol. The van der Waals surface area contributed by atoms with Gasteiger partial charge in [-0.1, -0.05) is 13.8 Å². The van der Waals surface area contributed by atoms with Gasteiger partial charge in [0.1, 0.15) is 11.5 Å². The smallest absolute Gasteiger partial charge is 0.118 e. The summed E-state index contributed by atoms with van der Waals surface area (Å²) in [5.41, 5.74) is 0. The zero-order valence-electron chi connectivity index (χ0n) is 13.2. The van der Waals surface area contributed by atoms with Gasteiger partial charge in [0.15, 0.2) is 0 Å². The average molecular weight is 280 g/mol. The minimum atomic E-state index is 0.313. The van der Waals surface area contributed by atoms with Gasteiger partial charge in [0.25, 0.3) is 0 Å². The molecule has 0 bridgehead atoms. The maximum Gasteiger partial charge on any atom is 0.118 e. The molecule has 4 nitrogen and oxygen atoms in total. The van der Waals surface area contributed by atoms with Crippen molar-refractivity contribution in [2.45, 2.75) is 52.9 Å². The molecular formula is C16H28N2O2. The Morgan fingerprint density at radius 3 is 2.80 bits per heavy atom. The van der Waals surface area contributed by atoms with E-state index in [1.165, 1.54) is 0 Å². The summed E-state index contributed by atoms with van der Waals surface area (Å²) >= 11 is 0. The zero-order valence-corrected chi connectivity index (χ0v) is 13.2. The van der Waals surface area contributed by atoms with Crippen LogP contribution in [0.2, 0.25) is 0 Å². The summed E-state index contributed by atoms with van der Waals surface area (Å²) in [4.78, 5) is 2.43. The van der Waals surface area contributed by atoms with Crippen LogP contribution >= 0.6 is 0 Å². The van der Waals surface area contributed by atoms with Crippen LogP contribution in [0.5, 0.6) is 0 Å². The lowest BCUT2D eigenvalue weighted by Crippen LogP contribution is -2.46. The van der Waals surface area contributed by atoms with E-state index in [4.69, 9.17) is 9.15 Å². The first-order valence-electron chi connectivity index (χ1n) is 7.68. The number of ether oxygens (including phenoxy) is 1. The molecule has 2 heterocycles. The van der Waals surface area contributed by atoms with Gasteiger partial charge in [0.2, 0.25) is 0 Å². The minimum Gasteiger partial charge on any atom is -0.463 e. The first kappa shape index (κ1) is 15.5. The fourth-order valence-corrected chi connectivity index (χ4v) is 2.48. The molecule has 1 aliphatic rings. The van der Waals surface area contributed by atoms with Crippen LogP contribution in [0, 0.1) is 5.92 Å². The van der Waals surface area contributed by atoms with Gasteiger partial charge in [-0.15, -0.1) is 0 Å². The van der Waals surface area contributed by atoms with Crippen LogP contribution in [0.3, 0.4) is 0 Å². The molecule has 4 heteroatoms. The largest absolute Gasteiger partial charge is 0.463 e. The number of nitrogens with one attached hydrogen (secondary N) is 1. The van der Waals surface area contributed by atoms with E-state index in [9.17, 15) is 0 Å². The number of morpholine rings is 1. The van der Waals surface area contributed by atoms with Crippen LogP contribution in [-0.2, 0) is 17.8 Å². The van der Waals surface area contributed by atoms with E-state index >= 15 is 0 Å². The molecule has 2 unspecified atom stereocenters. The highest BCUT2D eigenvalue weighted by Gasteiger charge is 2.24. The van der Waals surface area contributed by atoms with Crippen molar-refractivity contribution in [1.82, 2.24) is 10.2 Å². The third kappa shape index (κ3) is 4.62. The van der Waals surface area contributed by atoms with Crippen molar-refractivity contribution in [3.05, 3.63) is 23.7 Å². The fraction of sp³-hybridized carbons (Fsp3) is 0.750. The van der Waals surface area contributed by atoms with Gasteiger partial charge in [-0.2, -0.15) is 0 Å². The highest BCUT2D eigenvalue weighted by Crippen LogP contribution is 2.17. The van der Waals surface area contributed by atoms with Crippen molar-refractivity contribution >= 4 is 0 Å². The molecule has 114 valence electrons. The van der Waals surface area contributed by atoms with Crippen molar-refractivity contribution in [1.29, 1.82) is 0 Å². The third-order valence-corrected chi connectivity index (χ3v) is 3.66. The topological polar surface area (TPSA) is 37.6 Å². The second-order valence-corrected chi connectivity index (χ2v) is 6.32. The van der Waals surface area contributed by atoms with Gasteiger partial charge >= 0.3 is 0 Å². The van der Waals surface area contributed by atoms with Gasteiger partial charge in [0.05, 0.1) is 25.8 Å². The Kier molecular flexibility index (Phi) is 5.64. The molecule has 0 aliphatic carbocycles. The van der Waals surface area contributed by atoms with Crippen molar-refractivity contribution in [3.8, 4) is 0 Å². The van der Waals surface area contributed by atoms with Gasteiger partial charge in [-0.3, -0.25) is 4.90 Å². The van der Waals surface area contributed by atoms with E-state index in [2.05, 4.69) is 50.0 Å². The summed E-state index contributed by atoms with van der Waals surface area (Å²) in [6.45, 7) is 13.2. The number of hydrogen-bond acceptors (Lipinski definition) is 4.